The number of carbonyl (C=O) groups excluding carboxylic acids is 2. The van der Waals surface area contributed by atoms with Crippen molar-refractivity contribution in [2.45, 2.75) is 39.8 Å². The van der Waals surface area contributed by atoms with Crippen molar-refractivity contribution >= 4 is 21.7 Å². The first-order chi connectivity index (χ1) is 15.5. The second kappa shape index (κ2) is 8.44. The van der Waals surface area contributed by atoms with Crippen molar-refractivity contribution in [1.82, 2.24) is 14.8 Å². The number of fused-ring (bicyclic) bond motifs is 1. The predicted octanol–water partition coefficient (Wildman–Crippen LogP) is 1.68. The number of sulfone groups is 1. The Kier molecular flexibility index (Phi) is 5.94. The summed E-state index contributed by atoms with van der Waals surface area (Å²) in [5.74, 6) is -0.698. The summed E-state index contributed by atoms with van der Waals surface area (Å²) < 4.78 is 24.9. The first-order valence-electron chi connectivity index (χ1n) is 11.0. The summed E-state index contributed by atoms with van der Waals surface area (Å²) in [6.07, 6.45) is 2.76. The van der Waals surface area contributed by atoms with Gasteiger partial charge in [0.05, 0.1) is 5.75 Å². The van der Waals surface area contributed by atoms with E-state index >= 15 is 0 Å². The zero-order valence-corrected chi connectivity index (χ0v) is 20.0. The van der Waals surface area contributed by atoms with Crippen molar-refractivity contribution < 1.29 is 18.0 Å². The second-order valence-corrected chi connectivity index (χ2v) is 11.7. The normalized spacial score (nSPS) is 16.9. The van der Waals surface area contributed by atoms with E-state index in [1.165, 1.54) is 16.9 Å². The molecular weight excluding hydrogens is 442 g/mol. The number of rotatable bonds is 7. The lowest BCUT2D eigenvalue weighted by atomic mass is 10.0. The van der Waals surface area contributed by atoms with E-state index in [0.717, 1.165) is 24.0 Å². The van der Waals surface area contributed by atoms with E-state index in [0.29, 0.717) is 25.2 Å². The Morgan fingerprint density at radius 1 is 1.09 bits per heavy atom. The fourth-order valence-electron chi connectivity index (χ4n) is 4.56. The number of amides is 2. The van der Waals surface area contributed by atoms with Crippen LogP contribution >= 0.6 is 0 Å². The van der Waals surface area contributed by atoms with Gasteiger partial charge in [-0.15, -0.1) is 0 Å². The van der Waals surface area contributed by atoms with E-state index in [9.17, 15) is 22.8 Å². The van der Waals surface area contributed by atoms with E-state index < -0.39 is 21.3 Å². The molecule has 0 radical (unpaired) electrons. The van der Waals surface area contributed by atoms with Gasteiger partial charge >= 0.3 is 0 Å². The maximum Gasteiger partial charge on any atom is 0.270 e. The zero-order chi connectivity index (χ0) is 24.0. The Bertz CT molecular complexity index is 1270. The van der Waals surface area contributed by atoms with Crippen LogP contribution in [0.2, 0.25) is 0 Å². The van der Waals surface area contributed by atoms with Crippen molar-refractivity contribution in [2.24, 2.45) is 5.41 Å². The quantitative estimate of drug-likeness (QED) is 0.661. The van der Waals surface area contributed by atoms with Gasteiger partial charge in [-0.25, -0.2) is 8.42 Å². The van der Waals surface area contributed by atoms with Gasteiger partial charge in [0, 0.05) is 37.8 Å². The summed E-state index contributed by atoms with van der Waals surface area (Å²) in [7, 11) is -3.14. The predicted molar refractivity (Wildman–Crippen MR) is 125 cm³/mol. The maximum atomic E-state index is 13.2. The molecule has 1 aromatic heterocycles. The van der Waals surface area contributed by atoms with Crippen LogP contribution in [0.1, 0.15) is 50.4 Å². The zero-order valence-electron chi connectivity index (χ0n) is 19.2. The van der Waals surface area contributed by atoms with Crippen LogP contribution in [0.15, 0.2) is 35.1 Å². The van der Waals surface area contributed by atoms with Crippen LogP contribution in [0.4, 0.5) is 0 Å². The van der Waals surface area contributed by atoms with Crippen LogP contribution in [-0.4, -0.2) is 54.8 Å². The highest BCUT2D eigenvalue weighted by atomic mass is 32.2. The van der Waals surface area contributed by atoms with E-state index in [-0.39, 0.29) is 34.9 Å². The molecule has 0 bridgehead atoms. The summed E-state index contributed by atoms with van der Waals surface area (Å²) in [5, 5.41) is 2.79. The molecule has 1 saturated carbocycles. The lowest BCUT2D eigenvalue weighted by Gasteiger charge is -2.33. The molecule has 0 unspecified atom stereocenters. The number of aryl methyl sites for hydroxylation is 2. The minimum absolute atomic E-state index is 0.0142. The first-order valence-corrected chi connectivity index (χ1v) is 13.1. The molecule has 1 N–H and O–H groups in total. The lowest BCUT2D eigenvalue weighted by molar-refractivity contribution is 0.0663. The molecule has 9 heteroatoms. The van der Waals surface area contributed by atoms with Crippen LogP contribution in [0.5, 0.6) is 0 Å². The Morgan fingerprint density at radius 3 is 2.36 bits per heavy atom. The van der Waals surface area contributed by atoms with Crippen LogP contribution < -0.4 is 10.9 Å². The van der Waals surface area contributed by atoms with Crippen molar-refractivity contribution in [3.05, 3.63) is 68.6 Å². The van der Waals surface area contributed by atoms with Crippen molar-refractivity contribution in [2.75, 3.05) is 25.1 Å². The van der Waals surface area contributed by atoms with Gasteiger partial charge < -0.3 is 14.8 Å². The number of hydrogen-bond acceptors (Lipinski definition) is 5. The average molecular weight is 472 g/mol. The fraction of sp³-hybridized carbons (Fsp3) is 0.458. The molecule has 2 aromatic rings. The molecule has 33 heavy (non-hydrogen) atoms. The summed E-state index contributed by atoms with van der Waals surface area (Å²) >= 11 is 0. The first kappa shape index (κ1) is 23.2. The van der Waals surface area contributed by atoms with Gasteiger partial charge in [0.2, 0.25) is 0 Å². The summed E-state index contributed by atoms with van der Waals surface area (Å²) in [6.45, 7) is 4.95. The molecule has 4 rings (SSSR count). The largest absolute Gasteiger partial charge is 0.348 e. The van der Waals surface area contributed by atoms with Gasteiger partial charge in [-0.1, -0.05) is 29.8 Å². The lowest BCUT2D eigenvalue weighted by Crippen LogP contribution is -2.49. The molecule has 1 aliphatic heterocycles. The van der Waals surface area contributed by atoms with E-state index in [4.69, 9.17) is 0 Å². The molecule has 2 aliphatic rings. The van der Waals surface area contributed by atoms with E-state index in [2.05, 4.69) is 5.32 Å². The van der Waals surface area contributed by atoms with Crippen molar-refractivity contribution in [3.8, 4) is 0 Å². The van der Waals surface area contributed by atoms with E-state index in [1.54, 1.807) is 11.8 Å². The molecule has 1 fully saturated rings. The second-order valence-electron chi connectivity index (χ2n) is 9.51. The Labute approximate surface area is 193 Å². The van der Waals surface area contributed by atoms with Crippen molar-refractivity contribution in [3.63, 3.8) is 0 Å². The summed E-state index contributed by atoms with van der Waals surface area (Å²) in [6, 6.07) is 9.23. The third kappa shape index (κ3) is 5.03. The number of benzene rings is 1. The highest BCUT2D eigenvalue weighted by Gasteiger charge is 2.47. The Morgan fingerprint density at radius 2 is 1.76 bits per heavy atom. The molecule has 0 spiro atoms. The molecule has 176 valence electrons. The summed E-state index contributed by atoms with van der Waals surface area (Å²) in [4.78, 5) is 40.6. The van der Waals surface area contributed by atoms with Crippen LogP contribution in [0.25, 0.3) is 0 Å². The van der Waals surface area contributed by atoms with Gasteiger partial charge in [0.15, 0.2) is 0 Å². The maximum absolute atomic E-state index is 13.2. The number of nitrogens with one attached hydrogen (secondary N) is 1. The summed E-state index contributed by atoms with van der Waals surface area (Å²) in [5.41, 5.74) is 2.03. The Hall–Kier alpha value is -2.94. The topological polar surface area (TPSA) is 106 Å². The van der Waals surface area contributed by atoms with Gasteiger partial charge in [0.25, 0.3) is 17.4 Å². The minimum Gasteiger partial charge on any atom is -0.348 e. The number of nitrogens with zero attached hydrogens (tertiary/aromatic N) is 2. The molecule has 1 aromatic carbocycles. The molecule has 1 aliphatic carbocycles. The standard InChI is InChI=1S/C24H29N3O5S/c1-16-4-6-18(7-5-16)13-25-21(28)19-12-17(2)20-23(30)26(10-11-27(20)22(19)29)14-24(8-9-24)15-33(3,31)32/h4-7,12H,8-11,13-15H2,1-3H3,(H,25,28). The molecule has 8 nitrogen and oxygen atoms in total. The number of aromatic nitrogens is 1. The van der Waals surface area contributed by atoms with Gasteiger partial charge in [-0.05, 0) is 43.9 Å². The van der Waals surface area contributed by atoms with Crippen LogP contribution in [0.3, 0.4) is 0 Å². The number of carbonyl (C=O) groups is 2. The van der Waals surface area contributed by atoms with Gasteiger partial charge in [-0.3, -0.25) is 14.4 Å². The molecule has 2 amide bonds. The van der Waals surface area contributed by atoms with E-state index in [1.807, 2.05) is 31.2 Å². The highest BCUT2D eigenvalue weighted by molar-refractivity contribution is 7.90. The molecule has 0 saturated heterocycles. The molecule has 0 atom stereocenters. The highest BCUT2D eigenvalue weighted by Crippen LogP contribution is 2.47. The average Bonchev–Trinajstić information content (AvgIpc) is 3.48. The fourth-order valence-corrected chi connectivity index (χ4v) is 6.05. The SMILES string of the molecule is Cc1ccc(CNC(=O)c2cc(C)c3n(c2=O)CCN(CC2(CS(C)(=O)=O)CC2)C3=O)cc1. The smallest absolute Gasteiger partial charge is 0.270 e. The van der Waals surface area contributed by atoms with Crippen LogP contribution in [-0.2, 0) is 22.9 Å². The third-order valence-corrected chi connectivity index (χ3v) is 7.57. The van der Waals surface area contributed by atoms with Crippen molar-refractivity contribution in [1.29, 1.82) is 0 Å². The molecular formula is C24H29N3O5S. The number of hydrogen-bond donors (Lipinski definition) is 1. The van der Waals surface area contributed by atoms with Crippen LogP contribution in [0, 0.1) is 19.3 Å². The monoisotopic (exact) mass is 471 g/mol. The third-order valence-electron chi connectivity index (χ3n) is 6.43. The number of pyridine rings is 1. The van der Waals surface area contributed by atoms with Gasteiger partial charge in [0.1, 0.15) is 21.1 Å². The Balaban J connectivity index is 1.52. The molecule has 2 heterocycles. The minimum atomic E-state index is -3.14. The van der Waals surface area contributed by atoms with Gasteiger partial charge in [-0.2, -0.15) is 0 Å².